The number of para-hydroxylation sites is 1. The molecule has 0 fully saturated rings. The van der Waals surface area contributed by atoms with Crippen LogP contribution in [0, 0.1) is 6.92 Å². The van der Waals surface area contributed by atoms with E-state index in [1.165, 1.54) is 16.7 Å². The summed E-state index contributed by atoms with van der Waals surface area (Å²) in [6.07, 6.45) is 0.879. The van der Waals surface area contributed by atoms with Crippen LogP contribution in [-0.4, -0.2) is 12.8 Å². The van der Waals surface area contributed by atoms with Crippen LogP contribution in [0.1, 0.15) is 29.2 Å². The minimum atomic E-state index is 0.180. The van der Waals surface area contributed by atoms with Crippen LogP contribution in [0.3, 0.4) is 0 Å². The van der Waals surface area contributed by atoms with Gasteiger partial charge in [0, 0.05) is 6.42 Å². The molecule has 0 unspecified atom stereocenters. The highest BCUT2D eigenvalue weighted by Gasteiger charge is 2.29. The fourth-order valence-electron chi connectivity index (χ4n) is 3.34. The molecule has 130 valence electrons. The first-order valence-electron chi connectivity index (χ1n) is 8.87. The zero-order chi connectivity index (χ0) is 17.9. The predicted octanol–water partition coefficient (Wildman–Crippen LogP) is 5.36. The van der Waals surface area contributed by atoms with Gasteiger partial charge in [0.1, 0.15) is 5.75 Å². The number of aryl methyl sites for hydroxylation is 1. The molecular formula is C23H22N2O. The normalized spacial score (nSPS) is 16.5. The molecule has 1 heterocycles. The van der Waals surface area contributed by atoms with Crippen LogP contribution < -0.4 is 9.75 Å². The summed E-state index contributed by atoms with van der Waals surface area (Å²) in [6.45, 7) is 2.11. The second-order valence-electron chi connectivity index (χ2n) is 6.59. The molecule has 3 heteroatoms. The van der Waals surface area contributed by atoms with Gasteiger partial charge in [0.05, 0.1) is 24.6 Å². The van der Waals surface area contributed by atoms with Gasteiger partial charge >= 0.3 is 0 Å². The standard InChI is InChI=1S/C23H22N2O/c1-17-8-10-18(11-9-17)22-16-23(19-12-14-21(26-2)15-13-19)25(24-22)20-6-4-3-5-7-20/h3-15,23H,16H2,1-2H3/t23-/m1/s1. The van der Waals surface area contributed by atoms with Gasteiger partial charge in [-0.3, -0.25) is 5.01 Å². The van der Waals surface area contributed by atoms with Crippen LogP contribution in [-0.2, 0) is 0 Å². The third-order valence-electron chi connectivity index (χ3n) is 4.82. The summed E-state index contributed by atoms with van der Waals surface area (Å²) < 4.78 is 5.30. The van der Waals surface area contributed by atoms with E-state index in [9.17, 15) is 0 Å². The first-order chi connectivity index (χ1) is 12.7. The van der Waals surface area contributed by atoms with Gasteiger partial charge in [-0.1, -0.05) is 60.2 Å². The second-order valence-corrected chi connectivity index (χ2v) is 6.59. The van der Waals surface area contributed by atoms with Gasteiger partial charge in [0.25, 0.3) is 0 Å². The van der Waals surface area contributed by atoms with Crippen LogP contribution in [0.25, 0.3) is 0 Å². The van der Waals surface area contributed by atoms with E-state index >= 15 is 0 Å². The topological polar surface area (TPSA) is 24.8 Å². The van der Waals surface area contributed by atoms with E-state index in [1.54, 1.807) is 7.11 Å². The molecule has 4 rings (SSSR count). The van der Waals surface area contributed by atoms with E-state index in [4.69, 9.17) is 9.84 Å². The molecule has 1 aliphatic heterocycles. The maximum absolute atomic E-state index is 5.30. The van der Waals surface area contributed by atoms with Crippen molar-refractivity contribution in [2.24, 2.45) is 5.10 Å². The third kappa shape index (κ3) is 3.21. The molecule has 26 heavy (non-hydrogen) atoms. The SMILES string of the molecule is COc1ccc([C@H]2CC(c3ccc(C)cc3)=NN2c2ccccc2)cc1. The molecule has 0 amide bonds. The predicted molar refractivity (Wildman–Crippen MR) is 107 cm³/mol. The van der Waals surface area contributed by atoms with Crippen molar-refractivity contribution < 1.29 is 4.74 Å². The molecular weight excluding hydrogens is 320 g/mol. The van der Waals surface area contributed by atoms with E-state index in [-0.39, 0.29) is 6.04 Å². The number of nitrogens with zero attached hydrogens (tertiary/aromatic N) is 2. The Morgan fingerprint density at radius 3 is 2.23 bits per heavy atom. The van der Waals surface area contributed by atoms with Crippen LogP contribution in [0.4, 0.5) is 5.69 Å². The summed E-state index contributed by atoms with van der Waals surface area (Å²) in [6, 6.07) is 27.4. The van der Waals surface area contributed by atoms with Gasteiger partial charge in [0.2, 0.25) is 0 Å². The largest absolute Gasteiger partial charge is 0.497 e. The summed E-state index contributed by atoms with van der Waals surface area (Å²) in [5.41, 5.74) is 5.91. The molecule has 0 radical (unpaired) electrons. The first kappa shape index (κ1) is 16.4. The number of rotatable bonds is 4. The molecule has 0 saturated heterocycles. The fraction of sp³-hybridized carbons (Fsp3) is 0.174. The number of methoxy groups -OCH3 is 1. The summed E-state index contributed by atoms with van der Waals surface area (Å²) >= 11 is 0. The van der Waals surface area contributed by atoms with Crippen molar-refractivity contribution in [1.29, 1.82) is 0 Å². The molecule has 0 aliphatic carbocycles. The lowest BCUT2D eigenvalue weighted by Gasteiger charge is -2.24. The van der Waals surface area contributed by atoms with E-state index < -0.39 is 0 Å². The molecule has 0 saturated carbocycles. The van der Waals surface area contributed by atoms with E-state index in [0.717, 1.165) is 23.6 Å². The van der Waals surface area contributed by atoms with Crippen molar-refractivity contribution in [3.8, 4) is 5.75 Å². The van der Waals surface area contributed by atoms with Crippen molar-refractivity contribution in [3.05, 3.63) is 95.6 Å². The average molecular weight is 342 g/mol. The Kier molecular flexibility index (Phi) is 4.44. The average Bonchev–Trinajstić information content (AvgIpc) is 3.15. The maximum Gasteiger partial charge on any atom is 0.118 e. The number of ether oxygens (including phenoxy) is 1. The Labute approximate surface area is 154 Å². The van der Waals surface area contributed by atoms with Gasteiger partial charge in [-0.05, 0) is 42.3 Å². The zero-order valence-electron chi connectivity index (χ0n) is 15.1. The summed E-state index contributed by atoms with van der Waals surface area (Å²) in [5, 5.41) is 7.11. The molecule has 0 N–H and O–H groups in total. The van der Waals surface area contributed by atoms with Crippen LogP contribution in [0.15, 0.2) is 84.0 Å². The number of benzene rings is 3. The van der Waals surface area contributed by atoms with E-state index in [2.05, 4.69) is 72.6 Å². The summed E-state index contributed by atoms with van der Waals surface area (Å²) in [7, 11) is 1.69. The maximum atomic E-state index is 5.30. The monoisotopic (exact) mass is 342 g/mol. The number of hydrogen-bond donors (Lipinski definition) is 0. The van der Waals surface area contributed by atoms with Crippen LogP contribution in [0.5, 0.6) is 5.75 Å². The Bertz CT molecular complexity index is 899. The van der Waals surface area contributed by atoms with E-state index in [0.29, 0.717) is 0 Å². The molecule has 0 bridgehead atoms. The Morgan fingerprint density at radius 1 is 0.885 bits per heavy atom. The first-order valence-corrected chi connectivity index (χ1v) is 8.87. The summed E-state index contributed by atoms with van der Waals surface area (Å²) in [5.74, 6) is 0.873. The minimum absolute atomic E-state index is 0.180. The fourth-order valence-corrected chi connectivity index (χ4v) is 3.34. The Balaban J connectivity index is 1.71. The van der Waals surface area contributed by atoms with Gasteiger partial charge in [0.15, 0.2) is 0 Å². The van der Waals surface area contributed by atoms with Crippen molar-refractivity contribution in [2.75, 3.05) is 12.1 Å². The lowest BCUT2D eigenvalue weighted by Crippen LogP contribution is -2.18. The number of anilines is 1. The molecule has 3 aromatic carbocycles. The number of hydrazone groups is 1. The third-order valence-corrected chi connectivity index (χ3v) is 4.82. The highest BCUT2D eigenvalue weighted by molar-refractivity contribution is 6.03. The number of hydrogen-bond acceptors (Lipinski definition) is 3. The second kappa shape index (κ2) is 7.04. The Hall–Kier alpha value is -3.07. The van der Waals surface area contributed by atoms with Crippen molar-refractivity contribution in [1.82, 2.24) is 0 Å². The van der Waals surface area contributed by atoms with Crippen molar-refractivity contribution in [2.45, 2.75) is 19.4 Å². The van der Waals surface area contributed by atoms with Gasteiger partial charge < -0.3 is 4.74 Å². The lowest BCUT2D eigenvalue weighted by molar-refractivity contribution is 0.414. The molecule has 0 aromatic heterocycles. The molecule has 1 atom stereocenters. The van der Waals surface area contributed by atoms with Crippen molar-refractivity contribution in [3.63, 3.8) is 0 Å². The van der Waals surface area contributed by atoms with Crippen LogP contribution >= 0.6 is 0 Å². The quantitative estimate of drug-likeness (QED) is 0.637. The molecule has 0 spiro atoms. The minimum Gasteiger partial charge on any atom is -0.497 e. The summed E-state index contributed by atoms with van der Waals surface area (Å²) in [4.78, 5) is 0. The molecule has 3 nitrogen and oxygen atoms in total. The lowest BCUT2D eigenvalue weighted by atomic mass is 9.97. The van der Waals surface area contributed by atoms with Gasteiger partial charge in [-0.25, -0.2) is 0 Å². The molecule has 1 aliphatic rings. The Morgan fingerprint density at radius 2 is 1.58 bits per heavy atom. The highest BCUT2D eigenvalue weighted by Crippen LogP contribution is 2.37. The van der Waals surface area contributed by atoms with Crippen molar-refractivity contribution >= 4 is 11.4 Å². The van der Waals surface area contributed by atoms with Crippen LogP contribution in [0.2, 0.25) is 0 Å². The smallest absolute Gasteiger partial charge is 0.118 e. The van der Waals surface area contributed by atoms with E-state index in [1.807, 2.05) is 18.2 Å². The molecule has 3 aromatic rings. The highest BCUT2D eigenvalue weighted by atomic mass is 16.5. The van der Waals surface area contributed by atoms with Gasteiger partial charge in [-0.2, -0.15) is 5.10 Å². The van der Waals surface area contributed by atoms with Gasteiger partial charge in [-0.15, -0.1) is 0 Å². The zero-order valence-corrected chi connectivity index (χ0v) is 15.1.